The van der Waals surface area contributed by atoms with E-state index < -0.39 is 22.8 Å². The van der Waals surface area contributed by atoms with Crippen molar-refractivity contribution < 1.29 is 19.3 Å². The zero-order valence-electron chi connectivity index (χ0n) is 11.3. The van der Waals surface area contributed by atoms with E-state index in [1.54, 1.807) is 6.07 Å². The third-order valence-electron chi connectivity index (χ3n) is 3.15. The molecule has 1 aromatic carbocycles. The van der Waals surface area contributed by atoms with E-state index in [4.69, 9.17) is 0 Å². The molecule has 0 unspecified atom stereocenters. The molecule has 0 radical (unpaired) electrons. The number of nitrogens with one attached hydrogen (secondary N) is 1. The van der Waals surface area contributed by atoms with E-state index in [9.17, 15) is 24.5 Å². The highest BCUT2D eigenvalue weighted by Crippen LogP contribution is 2.29. The van der Waals surface area contributed by atoms with E-state index in [0.29, 0.717) is 10.5 Å². The number of imide groups is 2. The Kier molecular flexibility index (Phi) is 3.57. The molecule has 1 aliphatic heterocycles. The molecular formula is C12H12N4O5. The number of carbonyl (C=O) groups is 3. The molecule has 1 heterocycles. The number of hydrogen-bond donors (Lipinski definition) is 1. The Balaban J connectivity index is 2.39. The first-order valence-corrected chi connectivity index (χ1v) is 5.96. The minimum atomic E-state index is -0.948. The van der Waals surface area contributed by atoms with Gasteiger partial charge in [-0.15, -0.1) is 0 Å². The lowest BCUT2D eigenvalue weighted by Crippen LogP contribution is -2.31. The number of nitro benzene ring substituents is 1. The molecule has 1 aromatic rings. The van der Waals surface area contributed by atoms with Gasteiger partial charge in [0, 0.05) is 25.7 Å². The molecule has 4 amide bonds. The second kappa shape index (κ2) is 5.19. The summed E-state index contributed by atoms with van der Waals surface area (Å²) < 4.78 is 0. The molecule has 0 aromatic heterocycles. The third-order valence-corrected chi connectivity index (χ3v) is 3.15. The molecule has 9 heteroatoms. The van der Waals surface area contributed by atoms with Crippen LogP contribution >= 0.6 is 0 Å². The van der Waals surface area contributed by atoms with Gasteiger partial charge in [0.1, 0.15) is 5.69 Å². The van der Waals surface area contributed by atoms with E-state index >= 15 is 0 Å². The lowest BCUT2D eigenvalue weighted by molar-refractivity contribution is -0.384. The SMILES string of the molecule is CNc1c(CN2C(=O)C(=O)N(C)C2=O)cccc1[N+](=O)[O-]. The Morgan fingerprint density at radius 3 is 2.38 bits per heavy atom. The smallest absolute Gasteiger partial charge is 0.334 e. The monoisotopic (exact) mass is 292 g/mol. The first kappa shape index (κ1) is 14.4. The van der Waals surface area contributed by atoms with E-state index in [0.717, 1.165) is 4.90 Å². The number of carbonyl (C=O) groups excluding carboxylic acids is 3. The van der Waals surface area contributed by atoms with Crippen molar-refractivity contribution in [2.75, 3.05) is 19.4 Å². The van der Waals surface area contributed by atoms with E-state index in [2.05, 4.69) is 5.32 Å². The Labute approximate surface area is 119 Å². The van der Waals surface area contributed by atoms with Crippen LogP contribution in [0.25, 0.3) is 0 Å². The summed E-state index contributed by atoms with van der Waals surface area (Å²) in [6.45, 7) is -0.217. The first-order valence-electron chi connectivity index (χ1n) is 5.96. The fourth-order valence-electron chi connectivity index (χ4n) is 2.08. The van der Waals surface area contributed by atoms with Crippen molar-refractivity contribution in [3.8, 4) is 0 Å². The summed E-state index contributed by atoms with van der Waals surface area (Å²) in [5, 5.41) is 13.6. The van der Waals surface area contributed by atoms with Crippen LogP contribution in [0.1, 0.15) is 5.56 Å². The molecule has 1 saturated heterocycles. The Morgan fingerprint density at radius 1 is 1.24 bits per heavy atom. The topological polar surface area (TPSA) is 113 Å². The van der Waals surface area contributed by atoms with E-state index in [1.165, 1.54) is 26.2 Å². The summed E-state index contributed by atoms with van der Waals surface area (Å²) >= 11 is 0. The summed E-state index contributed by atoms with van der Waals surface area (Å²) in [5.74, 6) is -1.87. The van der Waals surface area contributed by atoms with Crippen molar-refractivity contribution in [3.05, 3.63) is 33.9 Å². The number of amides is 4. The van der Waals surface area contributed by atoms with Gasteiger partial charge >= 0.3 is 17.8 Å². The molecule has 1 fully saturated rings. The molecule has 9 nitrogen and oxygen atoms in total. The lowest BCUT2D eigenvalue weighted by atomic mass is 10.1. The maximum atomic E-state index is 11.8. The van der Waals surface area contributed by atoms with E-state index in [1.807, 2.05) is 0 Å². The number of hydrogen-bond acceptors (Lipinski definition) is 6. The third kappa shape index (κ3) is 2.29. The van der Waals surface area contributed by atoms with Crippen molar-refractivity contribution in [1.82, 2.24) is 9.80 Å². The van der Waals surface area contributed by atoms with Crippen molar-refractivity contribution in [2.24, 2.45) is 0 Å². The molecule has 0 spiro atoms. The highest BCUT2D eigenvalue weighted by atomic mass is 16.6. The number of urea groups is 1. The van der Waals surface area contributed by atoms with Crippen LogP contribution in [0.2, 0.25) is 0 Å². The van der Waals surface area contributed by atoms with Crippen molar-refractivity contribution in [3.63, 3.8) is 0 Å². The molecule has 0 bridgehead atoms. The number of anilines is 1. The Morgan fingerprint density at radius 2 is 1.90 bits per heavy atom. The zero-order valence-corrected chi connectivity index (χ0v) is 11.3. The van der Waals surface area contributed by atoms with Crippen LogP contribution < -0.4 is 5.32 Å². The highest BCUT2D eigenvalue weighted by molar-refractivity contribution is 6.44. The maximum Gasteiger partial charge on any atom is 0.334 e. The average molecular weight is 292 g/mol. The fourth-order valence-corrected chi connectivity index (χ4v) is 2.08. The number of benzene rings is 1. The zero-order chi connectivity index (χ0) is 15.7. The van der Waals surface area contributed by atoms with Crippen LogP contribution in [0.5, 0.6) is 0 Å². The summed E-state index contributed by atoms with van der Waals surface area (Å²) in [6.07, 6.45) is 0. The minimum absolute atomic E-state index is 0.172. The lowest BCUT2D eigenvalue weighted by Gasteiger charge is -2.15. The van der Waals surface area contributed by atoms with Crippen molar-refractivity contribution >= 4 is 29.2 Å². The molecule has 0 atom stereocenters. The Bertz CT molecular complexity index is 657. The van der Waals surface area contributed by atoms with Gasteiger partial charge in [-0.25, -0.2) is 4.79 Å². The first-order chi connectivity index (χ1) is 9.88. The number of nitro groups is 1. The minimum Gasteiger partial charge on any atom is -0.382 e. The van der Waals surface area contributed by atoms with Crippen LogP contribution in [0.3, 0.4) is 0 Å². The van der Waals surface area contributed by atoms with Gasteiger partial charge in [0.05, 0.1) is 11.5 Å². The maximum absolute atomic E-state index is 11.8. The van der Waals surface area contributed by atoms with Gasteiger partial charge < -0.3 is 5.32 Å². The molecule has 0 aliphatic carbocycles. The average Bonchev–Trinajstić information content (AvgIpc) is 2.64. The van der Waals surface area contributed by atoms with Crippen LogP contribution in [-0.4, -0.2) is 46.7 Å². The summed E-state index contributed by atoms with van der Waals surface area (Å²) in [7, 11) is 2.70. The van der Waals surface area contributed by atoms with Gasteiger partial charge in [-0.3, -0.25) is 29.5 Å². The molecular weight excluding hydrogens is 280 g/mol. The normalized spacial score (nSPS) is 14.9. The van der Waals surface area contributed by atoms with Crippen molar-refractivity contribution in [1.29, 1.82) is 0 Å². The van der Waals surface area contributed by atoms with E-state index in [-0.39, 0.29) is 17.9 Å². The molecule has 1 N–H and O–H groups in total. The number of rotatable bonds is 4. The predicted molar refractivity (Wildman–Crippen MR) is 71.4 cm³/mol. The van der Waals surface area contributed by atoms with Gasteiger partial charge in [-0.1, -0.05) is 12.1 Å². The van der Waals surface area contributed by atoms with Gasteiger partial charge in [-0.2, -0.15) is 0 Å². The van der Waals surface area contributed by atoms with Crippen LogP contribution in [0.15, 0.2) is 18.2 Å². The Hall–Kier alpha value is -2.97. The summed E-state index contributed by atoms with van der Waals surface area (Å²) in [6, 6.07) is 3.55. The van der Waals surface area contributed by atoms with Crippen LogP contribution in [0.4, 0.5) is 16.2 Å². The summed E-state index contributed by atoms with van der Waals surface area (Å²) in [5.41, 5.74) is 0.398. The molecule has 2 rings (SSSR count). The van der Waals surface area contributed by atoms with Crippen LogP contribution in [-0.2, 0) is 16.1 Å². The van der Waals surface area contributed by atoms with Crippen molar-refractivity contribution in [2.45, 2.75) is 6.54 Å². The molecule has 21 heavy (non-hydrogen) atoms. The van der Waals surface area contributed by atoms with Crippen LogP contribution in [0, 0.1) is 10.1 Å². The van der Waals surface area contributed by atoms with Gasteiger partial charge in [0.25, 0.3) is 5.69 Å². The molecule has 110 valence electrons. The quantitative estimate of drug-likeness (QED) is 0.375. The second-order valence-corrected chi connectivity index (χ2v) is 4.36. The van der Waals surface area contributed by atoms with Gasteiger partial charge in [-0.05, 0) is 0 Å². The second-order valence-electron chi connectivity index (χ2n) is 4.36. The molecule has 1 aliphatic rings. The number of para-hydroxylation sites is 1. The highest BCUT2D eigenvalue weighted by Gasteiger charge is 2.42. The number of nitrogens with zero attached hydrogens (tertiary/aromatic N) is 3. The van der Waals surface area contributed by atoms with Gasteiger partial charge in [0.15, 0.2) is 0 Å². The standard InChI is InChI=1S/C12H12N4O5/c1-13-9-7(4-3-5-8(9)16(20)21)6-15-11(18)10(17)14(2)12(15)19/h3-5,13H,6H2,1-2H3. The predicted octanol–water partition coefficient (Wildman–Crippen LogP) is 0.557. The fraction of sp³-hybridized carbons (Fsp3) is 0.250. The van der Waals surface area contributed by atoms with Gasteiger partial charge in [0.2, 0.25) is 0 Å². The summed E-state index contributed by atoms with van der Waals surface area (Å²) in [4.78, 5) is 46.8. The number of likely N-dealkylation sites (N-methyl/N-ethyl adjacent to an activating group) is 1. The largest absolute Gasteiger partial charge is 0.382 e. The molecule has 0 saturated carbocycles.